The van der Waals surface area contributed by atoms with Crippen molar-refractivity contribution in [2.45, 2.75) is 72.6 Å². The summed E-state index contributed by atoms with van der Waals surface area (Å²) in [6, 6.07) is 3.87. The third-order valence-electron chi connectivity index (χ3n) is 6.60. The highest BCUT2D eigenvalue weighted by Gasteiger charge is 2.21. The number of ether oxygens (including phenoxy) is 1. The van der Waals surface area contributed by atoms with Crippen LogP contribution in [0.15, 0.2) is 29.4 Å². The van der Waals surface area contributed by atoms with Gasteiger partial charge in [-0.05, 0) is 57.2 Å². The molecule has 1 aromatic carbocycles. The van der Waals surface area contributed by atoms with Crippen LogP contribution < -0.4 is 22.1 Å². The molecule has 41 heavy (non-hydrogen) atoms. The molecule has 0 aliphatic heterocycles. The van der Waals surface area contributed by atoms with Crippen LogP contribution in [0.5, 0.6) is 0 Å². The number of carbonyl (C=O) groups is 3. The molecule has 2 aromatic rings. The minimum atomic E-state index is -0.317. The predicted molar refractivity (Wildman–Crippen MR) is 168 cm³/mol. The van der Waals surface area contributed by atoms with Gasteiger partial charge in [-0.15, -0.1) is 0 Å². The number of aromatic amines is 1. The molecule has 0 atom stereocenters. The number of aromatic nitrogens is 1. The van der Waals surface area contributed by atoms with E-state index in [2.05, 4.69) is 29.1 Å². The first kappa shape index (κ1) is 33.3. The second kappa shape index (κ2) is 16.4. The number of nitrogens with two attached hydrogens (primary N) is 2. The molecule has 0 unspecified atom stereocenters. The molecule has 0 spiro atoms. The number of fused-ring (bicyclic) bond motifs is 1. The van der Waals surface area contributed by atoms with E-state index in [1.807, 2.05) is 19.1 Å². The second-order valence-corrected chi connectivity index (χ2v) is 10.1. The standard InChI is InChI=1S/C31H46N6O4/c1-7-11-19(3)28-23-17-25(34-6)22(29(20(4)32)21(5)38)18-26(23)37-30(28)36-24(12-8-2)31(40)35-14-16-41-15-10-9-13-27(33)39/h17-18,34,37H,3,7-16,32H2,1-2,4-6H3,(H2,33,39)(H,35,40)/b29-20+,36-24+. The van der Waals surface area contributed by atoms with Crippen LogP contribution in [0.4, 0.5) is 11.5 Å². The molecule has 10 nitrogen and oxygen atoms in total. The SMILES string of the molecule is C=C(CCC)c1c(/N=C(\CCC)C(=O)NCCOCCCCC(N)=O)[nH]c2cc(/C(C(C)=O)=C(\C)N)c(NC)cc12. The van der Waals surface area contributed by atoms with Crippen LogP contribution in [-0.2, 0) is 19.1 Å². The number of rotatable bonds is 18. The number of aliphatic imine (C=N–C) groups is 1. The summed E-state index contributed by atoms with van der Waals surface area (Å²) in [4.78, 5) is 44.6. The minimum absolute atomic E-state index is 0.127. The summed E-state index contributed by atoms with van der Waals surface area (Å²) in [6.07, 6.45) is 4.65. The Hall–Kier alpha value is -3.92. The number of ketones is 1. The molecule has 0 aliphatic carbocycles. The average Bonchev–Trinajstić information content (AvgIpc) is 3.25. The molecule has 1 heterocycles. The van der Waals surface area contributed by atoms with Crippen LogP contribution in [0, 0.1) is 0 Å². The van der Waals surface area contributed by atoms with E-state index in [0.29, 0.717) is 67.4 Å². The first-order chi connectivity index (χ1) is 19.5. The van der Waals surface area contributed by atoms with Gasteiger partial charge in [-0.1, -0.05) is 33.3 Å². The van der Waals surface area contributed by atoms with Crippen LogP contribution in [0.25, 0.3) is 22.0 Å². The third-order valence-corrected chi connectivity index (χ3v) is 6.60. The van der Waals surface area contributed by atoms with Crippen LogP contribution in [0.2, 0.25) is 0 Å². The first-order valence-electron chi connectivity index (χ1n) is 14.3. The van der Waals surface area contributed by atoms with Crippen molar-refractivity contribution in [3.63, 3.8) is 0 Å². The Labute approximate surface area is 243 Å². The number of carbonyl (C=O) groups excluding carboxylic acids is 3. The molecule has 0 fully saturated rings. The van der Waals surface area contributed by atoms with Crippen LogP contribution in [0.1, 0.15) is 83.8 Å². The summed E-state index contributed by atoms with van der Waals surface area (Å²) in [5, 5.41) is 6.99. The summed E-state index contributed by atoms with van der Waals surface area (Å²) in [5.74, 6) is -0.146. The fourth-order valence-electron chi connectivity index (χ4n) is 4.73. The van der Waals surface area contributed by atoms with Crippen molar-refractivity contribution in [2.75, 3.05) is 32.1 Å². The molecule has 0 saturated carbocycles. The highest BCUT2D eigenvalue weighted by atomic mass is 16.5. The van der Waals surface area contributed by atoms with E-state index < -0.39 is 0 Å². The lowest BCUT2D eigenvalue weighted by Crippen LogP contribution is -2.33. The number of H-pyrrole nitrogens is 1. The number of nitrogens with one attached hydrogen (secondary N) is 3. The van der Waals surface area contributed by atoms with Gasteiger partial charge in [-0.2, -0.15) is 0 Å². The van der Waals surface area contributed by atoms with Gasteiger partial charge in [0.1, 0.15) is 11.5 Å². The topological polar surface area (TPSA) is 165 Å². The number of benzene rings is 1. The molecule has 0 aliphatic rings. The molecular weight excluding hydrogens is 520 g/mol. The number of primary amides is 1. The molecule has 224 valence electrons. The minimum Gasteiger partial charge on any atom is -0.402 e. The van der Waals surface area contributed by atoms with Crippen LogP contribution >= 0.6 is 0 Å². The molecule has 7 N–H and O–H groups in total. The van der Waals surface area contributed by atoms with E-state index in [9.17, 15) is 14.4 Å². The Balaban J connectivity index is 2.42. The van der Waals surface area contributed by atoms with Gasteiger partial charge in [-0.25, -0.2) is 4.99 Å². The van der Waals surface area contributed by atoms with Gasteiger partial charge in [0.15, 0.2) is 5.78 Å². The van der Waals surface area contributed by atoms with E-state index in [0.717, 1.165) is 53.4 Å². The van der Waals surface area contributed by atoms with Gasteiger partial charge < -0.3 is 31.8 Å². The van der Waals surface area contributed by atoms with E-state index in [1.54, 1.807) is 14.0 Å². The number of amides is 2. The van der Waals surface area contributed by atoms with Crippen LogP contribution in [0.3, 0.4) is 0 Å². The molecule has 2 rings (SSSR count). The predicted octanol–water partition coefficient (Wildman–Crippen LogP) is 4.96. The largest absolute Gasteiger partial charge is 0.402 e. The van der Waals surface area contributed by atoms with E-state index in [-0.39, 0.29) is 17.6 Å². The number of Topliss-reactive ketones (excluding diaryl/α,β-unsaturated/α-hetero) is 1. The van der Waals surface area contributed by atoms with Crippen molar-refractivity contribution in [3.05, 3.63) is 35.5 Å². The van der Waals surface area contributed by atoms with E-state index in [4.69, 9.17) is 21.2 Å². The monoisotopic (exact) mass is 566 g/mol. The molecular formula is C31H46N6O4. The summed E-state index contributed by atoms with van der Waals surface area (Å²) in [5.41, 5.74) is 16.5. The fourth-order valence-corrected chi connectivity index (χ4v) is 4.73. The van der Waals surface area contributed by atoms with Gasteiger partial charge in [0.05, 0.1) is 6.61 Å². The Morgan fingerprint density at radius 2 is 1.73 bits per heavy atom. The highest BCUT2D eigenvalue weighted by Crippen LogP contribution is 2.40. The number of anilines is 1. The maximum Gasteiger partial charge on any atom is 0.265 e. The van der Waals surface area contributed by atoms with Crippen molar-refractivity contribution in [1.82, 2.24) is 10.3 Å². The lowest BCUT2D eigenvalue weighted by molar-refractivity contribution is -0.118. The van der Waals surface area contributed by atoms with Crippen molar-refractivity contribution < 1.29 is 19.1 Å². The summed E-state index contributed by atoms with van der Waals surface area (Å²) >= 11 is 0. The average molecular weight is 567 g/mol. The van der Waals surface area contributed by atoms with Gasteiger partial charge in [0.2, 0.25) is 5.91 Å². The number of hydrogen-bond donors (Lipinski definition) is 5. The summed E-state index contributed by atoms with van der Waals surface area (Å²) in [6.45, 7) is 12.8. The molecule has 0 saturated heterocycles. The summed E-state index contributed by atoms with van der Waals surface area (Å²) in [7, 11) is 1.80. The lowest BCUT2D eigenvalue weighted by atomic mass is 9.95. The zero-order valence-electron chi connectivity index (χ0n) is 25.2. The smallest absolute Gasteiger partial charge is 0.265 e. The van der Waals surface area contributed by atoms with Gasteiger partial charge in [0, 0.05) is 65.6 Å². The van der Waals surface area contributed by atoms with Crippen molar-refractivity contribution in [1.29, 1.82) is 0 Å². The lowest BCUT2D eigenvalue weighted by Gasteiger charge is -2.14. The highest BCUT2D eigenvalue weighted by molar-refractivity contribution is 6.39. The normalized spacial score (nSPS) is 12.3. The van der Waals surface area contributed by atoms with Crippen molar-refractivity contribution >= 4 is 56.9 Å². The maximum absolute atomic E-state index is 13.1. The molecule has 1 aromatic heterocycles. The van der Waals surface area contributed by atoms with Gasteiger partial charge in [0.25, 0.3) is 5.91 Å². The van der Waals surface area contributed by atoms with Gasteiger partial charge >= 0.3 is 0 Å². The molecule has 2 amide bonds. The zero-order chi connectivity index (χ0) is 30.5. The quantitative estimate of drug-likeness (QED) is 0.0972. The Kier molecular flexibility index (Phi) is 13.3. The first-order valence-corrected chi connectivity index (χ1v) is 14.3. The van der Waals surface area contributed by atoms with Crippen molar-refractivity contribution in [3.8, 4) is 0 Å². The second-order valence-electron chi connectivity index (χ2n) is 10.1. The third kappa shape index (κ3) is 9.31. The molecule has 0 bridgehead atoms. The van der Waals surface area contributed by atoms with E-state index in [1.165, 1.54) is 6.92 Å². The van der Waals surface area contributed by atoms with Crippen LogP contribution in [-0.4, -0.2) is 55.1 Å². The zero-order valence-corrected chi connectivity index (χ0v) is 25.2. The number of unbranched alkanes of at least 4 members (excludes halogenated alkanes) is 1. The number of nitrogens with zero attached hydrogens (tertiary/aromatic N) is 1. The Morgan fingerprint density at radius 3 is 2.32 bits per heavy atom. The fraction of sp³-hybridized carbons (Fsp3) is 0.484. The number of hydrogen-bond acceptors (Lipinski definition) is 7. The Bertz CT molecular complexity index is 1320. The number of allylic oxidation sites excluding steroid dienone is 3. The van der Waals surface area contributed by atoms with Crippen molar-refractivity contribution in [2.24, 2.45) is 16.5 Å². The Morgan fingerprint density at radius 1 is 1.02 bits per heavy atom. The summed E-state index contributed by atoms with van der Waals surface area (Å²) < 4.78 is 5.56. The molecule has 10 heteroatoms. The van der Waals surface area contributed by atoms with E-state index >= 15 is 0 Å². The molecule has 0 radical (unpaired) electrons. The maximum atomic E-state index is 13.1. The van der Waals surface area contributed by atoms with Gasteiger partial charge in [-0.3, -0.25) is 14.4 Å².